The van der Waals surface area contributed by atoms with Gasteiger partial charge in [0.05, 0.1) is 11.4 Å². The monoisotopic (exact) mass is 557 g/mol. The maximum Gasteiger partial charge on any atom is 0.0503 e. The Balaban J connectivity index is 1.52. The molecule has 1 nitrogen and oxygen atoms in total. The summed E-state index contributed by atoms with van der Waals surface area (Å²) in [5.74, 6) is 0. The van der Waals surface area contributed by atoms with Gasteiger partial charge >= 0.3 is 0 Å². The summed E-state index contributed by atoms with van der Waals surface area (Å²) in [6.45, 7) is 17.4. The number of hydrogen-bond acceptors (Lipinski definition) is 1. The van der Waals surface area contributed by atoms with Gasteiger partial charge in [-0.3, -0.25) is 0 Å². The van der Waals surface area contributed by atoms with Crippen LogP contribution in [-0.4, -0.2) is 0 Å². The molecule has 2 heteroatoms. The number of rotatable bonds is 4. The summed E-state index contributed by atoms with van der Waals surface area (Å²) in [5, 5.41) is 0. The third kappa shape index (κ3) is 3.50. The van der Waals surface area contributed by atoms with Crippen molar-refractivity contribution < 1.29 is 0 Å². The summed E-state index contributed by atoms with van der Waals surface area (Å²) in [5.41, 5.74) is 13.7. The van der Waals surface area contributed by atoms with Crippen molar-refractivity contribution in [3.05, 3.63) is 143 Å². The Morgan fingerprint density at radius 1 is 0.684 bits per heavy atom. The zero-order valence-corrected chi connectivity index (χ0v) is 24.1. The fourth-order valence-corrected chi connectivity index (χ4v) is 6.77. The molecule has 1 heterocycles. The van der Waals surface area contributed by atoms with Crippen LogP contribution in [0.1, 0.15) is 49.9 Å². The molecule has 0 N–H and O–H groups in total. The molecule has 0 spiro atoms. The standard InChI is InChI=1S/C36H32BrN/c1-7-11-26(8-2)38-33-13-10-9-12-29(33)35(3,4)32-21-24(15-19-34(32)38)23-14-17-27-28-18-16-25(37)22-31(28)36(5,6)30(27)20-23/h7-22H,1-2H2,3-6H3/b26-11+. The minimum Gasteiger partial charge on any atom is -0.310 e. The first-order valence-corrected chi connectivity index (χ1v) is 13.9. The Labute approximate surface area is 235 Å². The van der Waals surface area contributed by atoms with Crippen LogP contribution in [-0.2, 0) is 10.8 Å². The van der Waals surface area contributed by atoms with Crippen molar-refractivity contribution in [1.82, 2.24) is 0 Å². The second-order valence-corrected chi connectivity index (χ2v) is 12.2. The fourth-order valence-electron chi connectivity index (χ4n) is 6.41. The molecule has 188 valence electrons. The predicted molar refractivity (Wildman–Crippen MR) is 166 cm³/mol. The van der Waals surface area contributed by atoms with Crippen LogP contribution in [0.5, 0.6) is 0 Å². The van der Waals surface area contributed by atoms with Gasteiger partial charge in [-0.15, -0.1) is 0 Å². The molecule has 0 aromatic heterocycles. The first-order valence-electron chi connectivity index (χ1n) is 13.1. The van der Waals surface area contributed by atoms with Gasteiger partial charge in [-0.1, -0.05) is 105 Å². The van der Waals surface area contributed by atoms with E-state index in [2.05, 4.69) is 141 Å². The van der Waals surface area contributed by atoms with Crippen molar-refractivity contribution in [2.24, 2.45) is 0 Å². The summed E-state index contributed by atoms with van der Waals surface area (Å²) in [6, 6.07) is 29.3. The van der Waals surface area contributed by atoms with Crippen molar-refractivity contribution in [3.8, 4) is 22.3 Å². The smallest absolute Gasteiger partial charge is 0.0503 e. The first-order chi connectivity index (χ1) is 18.2. The van der Waals surface area contributed by atoms with Crippen LogP contribution >= 0.6 is 15.9 Å². The van der Waals surface area contributed by atoms with E-state index in [1.54, 1.807) is 0 Å². The number of allylic oxidation sites excluding steroid dienone is 3. The fraction of sp³-hybridized carbons (Fsp3) is 0.167. The number of anilines is 2. The molecule has 4 aromatic rings. The van der Waals surface area contributed by atoms with Gasteiger partial charge in [0.2, 0.25) is 0 Å². The number of halogens is 1. The predicted octanol–water partition coefficient (Wildman–Crippen LogP) is 10.5. The average molecular weight is 559 g/mol. The maximum absolute atomic E-state index is 4.11. The molecule has 2 aliphatic rings. The zero-order valence-electron chi connectivity index (χ0n) is 22.5. The summed E-state index contributed by atoms with van der Waals surface area (Å²) in [7, 11) is 0. The zero-order chi connectivity index (χ0) is 26.8. The molecule has 0 amide bonds. The SMILES string of the molecule is C=C/C=C(\C=C)N1c2ccccc2C(C)(C)c2cc(-c3ccc4c(c3)C(C)(C)c3cc(Br)ccc3-4)ccc21. The van der Waals surface area contributed by atoms with E-state index in [0.717, 1.165) is 10.2 Å². The van der Waals surface area contributed by atoms with Gasteiger partial charge < -0.3 is 4.90 Å². The molecule has 38 heavy (non-hydrogen) atoms. The van der Waals surface area contributed by atoms with Gasteiger partial charge in [0.15, 0.2) is 0 Å². The normalized spacial score (nSPS) is 16.2. The highest BCUT2D eigenvalue weighted by Gasteiger charge is 2.38. The summed E-state index contributed by atoms with van der Waals surface area (Å²) in [6.07, 6.45) is 5.77. The topological polar surface area (TPSA) is 3.24 Å². The third-order valence-corrected chi connectivity index (χ3v) is 8.95. The van der Waals surface area contributed by atoms with Crippen LogP contribution < -0.4 is 4.90 Å². The van der Waals surface area contributed by atoms with Gasteiger partial charge in [0, 0.05) is 21.0 Å². The highest BCUT2D eigenvalue weighted by Crippen LogP contribution is 2.53. The van der Waals surface area contributed by atoms with Crippen molar-refractivity contribution in [1.29, 1.82) is 0 Å². The quantitative estimate of drug-likeness (QED) is 0.225. The van der Waals surface area contributed by atoms with Crippen molar-refractivity contribution in [2.75, 3.05) is 4.90 Å². The van der Waals surface area contributed by atoms with E-state index in [-0.39, 0.29) is 10.8 Å². The van der Waals surface area contributed by atoms with Crippen molar-refractivity contribution >= 4 is 27.3 Å². The van der Waals surface area contributed by atoms with E-state index in [0.29, 0.717) is 0 Å². The molecule has 1 aliphatic heterocycles. The molecular weight excluding hydrogens is 526 g/mol. The van der Waals surface area contributed by atoms with Crippen LogP contribution in [0.25, 0.3) is 22.3 Å². The highest BCUT2D eigenvalue weighted by molar-refractivity contribution is 9.10. The number of fused-ring (bicyclic) bond motifs is 5. The van der Waals surface area contributed by atoms with Crippen molar-refractivity contribution in [2.45, 2.75) is 38.5 Å². The number of hydrogen-bond donors (Lipinski definition) is 0. The lowest BCUT2D eigenvalue weighted by molar-refractivity contribution is 0.630. The lowest BCUT2D eigenvalue weighted by Crippen LogP contribution is -2.32. The average Bonchev–Trinajstić information content (AvgIpc) is 3.13. The second kappa shape index (κ2) is 8.71. The van der Waals surface area contributed by atoms with Crippen LogP contribution in [0.2, 0.25) is 0 Å². The van der Waals surface area contributed by atoms with Gasteiger partial charge in [0.25, 0.3) is 0 Å². The van der Waals surface area contributed by atoms with Gasteiger partial charge in [-0.05, 0) is 93.1 Å². The Morgan fingerprint density at radius 2 is 1.26 bits per heavy atom. The van der Waals surface area contributed by atoms with Crippen LogP contribution in [0.15, 0.2) is 120 Å². The van der Waals surface area contributed by atoms with E-state index < -0.39 is 0 Å². The molecular formula is C36H32BrN. The molecule has 0 bridgehead atoms. The molecule has 0 fully saturated rings. The lowest BCUT2D eigenvalue weighted by Gasteiger charge is -2.42. The number of benzene rings is 4. The van der Waals surface area contributed by atoms with Crippen LogP contribution in [0, 0.1) is 0 Å². The Hall–Kier alpha value is -3.62. The summed E-state index contributed by atoms with van der Waals surface area (Å²) >= 11 is 3.68. The van der Waals surface area contributed by atoms with Crippen LogP contribution in [0.4, 0.5) is 11.4 Å². The van der Waals surface area contributed by atoms with E-state index in [1.807, 2.05) is 18.2 Å². The van der Waals surface area contributed by atoms with E-state index >= 15 is 0 Å². The molecule has 0 unspecified atom stereocenters. The van der Waals surface area contributed by atoms with Gasteiger partial charge in [-0.25, -0.2) is 0 Å². The van der Waals surface area contributed by atoms with Crippen molar-refractivity contribution in [3.63, 3.8) is 0 Å². The number of nitrogens with zero attached hydrogens (tertiary/aromatic N) is 1. The maximum atomic E-state index is 4.11. The van der Waals surface area contributed by atoms with E-state index in [4.69, 9.17) is 0 Å². The lowest BCUT2D eigenvalue weighted by atomic mass is 9.72. The van der Waals surface area contributed by atoms with Gasteiger partial charge in [-0.2, -0.15) is 0 Å². The Bertz CT molecular complexity index is 1670. The molecule has 0 atom stereocenters. The number of para-hydroxylation sites is 1. The molecule has 1 aliphatic carbocycles. The summed E-state index contributed by atoms with van der Waals surface area (Å²) < 4.78 is 1.13. The summed E-state index contributed by atoms with van der Waals surface area (Å²) in [4.78, 5) is 2.31. The van der Waals surface area contributed by atoms with E-state index in [9.17, 15) is 0 Å². The van der Waals surface area contributed by atoms with Gasteiger partial charge in [0.1, 0.15) is 0 Å². The highest BCUT2D eigenvalue weighted by atomic mass is 79.9. The molecule has 6 rings (SSSR count). The third-order valence-electron chi connectivity index (χ3n) is 8.46. The molecule has 4 aromatic carbocycles. The minimum absolute atomic E-state index is 0.0536. The minimum atomic E-state index is -0.155. The van der Waals surface area contributed by atoms with Crippen LogP contribution in [0.3, 0.4) is 0 Å². The largest absolute Gasteiger partial charge is 0.310 e. The Morgan fingerprint density at radius 3 is 1.97 bits per heavy atom. The van der Waals surface area contributed by atoms with E-state index in [1.165, 1.54) is 55.9 Å². The molecule has 0 radical (unpaired) electrons. The molecule has 0 saturated heterocycles. The second-order valence-electron chi connectivity index (χ2n) is 11.3. The first kappa shape index (κ1) is 24.7. The molecule has 0 saturated carbocycles. The Kier molecular flexibility index (Phi) is 5.66.